The van der Waals surface area contributed by atoms with Crippen molar-refractivity contribution in [3.05, 3.63) is 29.8 Å². The van der Waals surface area contributed by atoms with Gasteiger partial charge in [0, 0.05) is 6.21 Å². The Morgan fingerprint density at radius 3 is 2.33 bits per heavy atom. The van der Waals surface area contributed by atoms with Crippen LogP contribution in [0.3, 0.4) is 0 Å². The van der Waals surface area contributed by atoms with Gasteiger partial charge in [-0.15, -0.1) is 0 Å². The molecule has 5 nitrogen and oxygen atoms in total. The van der Waals surface area contributed by atoms with E-state index >= 15 is 0 Å². The van der Waals surface area contributed by atoms with Crippen LogP contribution in [0.25, 0.3) is 0 Å². The molecular formula is C10H17N5. The Morgan fingerprint density at radius 1 is 1.33 bits per heavy atom. The van der Waals surface area contributed by atoms with E-state index in [1.807, 2.05) is 31.2 Å². The first-order valence-electron chi connectivity index (χ1n) is 4.46. The molecule has 0 aromatic heterocycles. The predicted molar refractivity (Wildman–Crippen MR) is 65.3 cm³/mol. The van der Waals surface area contributed by atoms with E-state index in [1.165, 1.54) is 11.8 Å². The van der Waals surface area contributed by atoms with Gasteiger partial charge >= 0.3 is 0 Å². The van der Waals surface area contributed by atoms with E-state index in [0.717, 1.165) is 11.9 Å². The molecule has 0 heterocycles. The van der Waals surface area contributed by atoms with Gasteiger partial charge in [-0.05, 0) is 26.1 Å². The lowest BCUT2D eigenvalue weighted by Crippen LogP contribution is -2.13. The molecule has 82 valence electrons. The van der Waals surface area contributed by atoms with Crippen LogP contribution in [-0.4, -0.2) is 19.5 Å². The van der Waals surface area contributed by atoms with Crippen molar-refractivity contribution in [3.8, 4) is 0 Å². The van der Waals surface area contributed by atoms with Crippen LogP contribution in [0.5, 0.6) is 0 Å². The molecule has 1 aromatic carbocycles. The van der Waals surface area contributed by atoms with Crippen molar-refractivity contribution in [2.75, 3.05) is 12.5 Å². The lowest BCUT2D eigenvalue weighted by atomic mass is 10.2. The van der Waals surface area contributed by atoms with E-state index in [1.54, 1.807) is 7.05 Å². The zero-order valence-electron chi connectivity index (χ0n) is 8.99. The molecule has 1 aromatic rings. The van der Waals surface area contributed by atoms with Gasteiger partial charge < -0.3 is 5.41 Å². The highest BCUT2D eigenvalue weighted by Crippen LogP contribution is 2.07. The average molecular weight is 207 g/mol. The molecule has 0 radical (unpaired) electrons. The van der Waals surface area contributed by atoms with Gasteiger partial charge in [-0.3, -0.25) is 16.7 Å². The highest BCUT2D eigenvalue weighted by molar-refractivity contribution is 6.14. The summed E-state index contributed by atoms with van der Waals surface area (Å²) >= 11 is 0. The monoisotopic (exact) mass is 207 g/mol. The van der Waals surface area contributed by atoms with Gasteiger partial charge in [0.25, 0.3) is 0 Å². The quantitative estimate of drug-likeness (QED) is 0.340. The Kier molecular flexibility index (Phi) is 7.84. The van der Waals surface area contributed by atoms with E-state index < -0.39 is 0 Å². The minimum Gasteiger partial charge on any atom is -0.307 e. The molecule has 0 aliphatic rings. The summed E-state index contributed by atoms with van der Waals surface area (Å²) < 4.78 is 0. The highest BCUT2D eigenvalue weighted by Gasteiger charge is 1.86. The standard InChI is InChI=1S/C9H11N3.CH6N2/c1-8-2-4-9(5-3-8)12-11-7-6-10;1-3-2/h2-7,10,12H,1H3;3H,2H2,1H3/b10-6?,11-7-;. The number of hydrazine groups is 1. The molecule has 0 saturated heterocycles. The van der Waals surface area contributed by atoms with E-state index in [-0.39, 0.29) is 0 Å². The lowest BCUT2D eigenvalue weighted by molar-refractivity contribution is 0.900. The fourth-order valence-corrected chi connectivity index (χ4v) is 0.777. The number of hydrazone groups is 1. The van der Waals surface area contributed by atoms with Crippen LogP contribution < -0.4 is 16.7 Å². The molecule has 5 N–H and O–H groups in total. The van der Waals surface area contributed by atoms with Crippen molar-refractivity contribution in [2.24, 2.45) is 10.9 Å². The molecule has 0 unspecified atom stereocenters. The predicted octanol–water partition coefficient (Wildman–Crippen LogP) is 1.12. The van der Waals surface area contributed by atoms with Gasteiger partial charge in [0.1, 0.15) is 0 Å². The van der Waals surface area contributed by atoms with Crippen molar-refractivity contribution in [1.82, 2.24) is 5.43 Å². The summed E-state index contributed by atoms with van der Waals surface area (Å²) in [5, 5.41) is 10.5. The Bertz CT molecular complexity index is 291. The van der Waals surface area contributed by atoms with Gasteiger partial charge in [-0.1, -0.05) is 17.7 Å². The summed E-state index contributed by atoms with van der Waals surface area (Å²) in [7, 11) is 1.65. The summed E-state index contributed by atoms with van der Waals surface area (Å²) in [5.74, 6) is 4.60. The summed E-state index contributed by atoms with van der Waals surface area (Å²) in [5.41, 5.74) is 7.19. The van der Waals surface area contributed by atoms with Crippen LogP contribution in [0.2, 0.25) is 0 Å². The van der Waals surface area contributed by atoms with Crippen molar-refractivity contribution in [2.45, 2.75) is 6.92 Å². The van der Waals surface area contributed by atoms with Gasteiger partial charge in [-0.25, -0.2) is 0 Å². The molecule has 0 aliphatic carbocycles. The maximum atomic E-state index is 6.69. The number of hydrogen-bond acceptors (Lipinski definition) is 5. The number of hydrogen-bond donors (Lipinski definition) is 4. The van der Waals surface area contributed by atoms with E-state index in [4.69, 9.17) is 5.41 Å². The van der Waals surface area contributed by atoms with Crippen molar-refractivity contribution in [1.29, 1.82) is 5.41 Å². The maximum absolute atomic E-state index is 6.69. The van der Waals surface area contributed by atoms with Crippen LogP contribution in [-0.2, 0) is 0 Å². The molecule has 0 fully saturated rings. The first-order valence-corrected chi connectivity index (χ1v) is 4.46. The summed E-state index contributed by atoms with van der Waals surface area (Å²) in [4.78, 5) is 0. The minimum atomic E-state index is 0.929. The largest absolute Gasteiger partial charge is 0.307 e. The van der Waals surface area contributed by atoms with Gasteiger partial charge in [0.2, 0.25) is 0 Å². The fourth-order valence-electron chi connectivity index (χ4n) is 0.777. The first-order chi connectivity index (χ1) is 7.24. The lowest BCUT2D eigenvalue weighted by Gasteiger charge is -1.98. The Morgan fingerprint density at radius 2 is 1.87 bits per heavy atom. The summed E-state index contributed by atoms with van der Waals surface area (Å²) in [6.07, 6.45) is 2.51. The normalized spacial score (nSPS) is 9.27. The second-order valence-electron chi connectivity index (χ2n) is 2.71. The third-order valence-corrected chi connectivity index (χ3v) is 1.39. The van der Waals surface area contributed by atoms with Crippen LogP contribution in [0.1, 0.15) is 5.56 Å². The molecule has 0 bridgehead atoms. The Labute approximate surface area is 89.9 Å². The van der Waals surface area contributed by atoms with E-state index in [0.29, 0.717) is 0 Å². The van der Waals surface area contributed by atoms with Gasteiger partial charge in [-0.2, -0.15) is 5.10 Å². The third kappa shape index (κ3) is 7.36. The molecule has 15 heavy (non-hydrogen) atoms. The maximum Gasteiger partial charge on any atom is 0.0648 e. The molecule has 0 saturated carbocycles. The summed E-state index contributed by atoms with van der Waals surface area (Å²) in [6.45, 7) is 2.03. The zero-order chi connectivity index (χ0) is 11.5. The first kappa shape index (κ1) is 13.3. The molecule has 5 heteroatoms. The fraction of sp³-hybridized carbons (Fsp3) is 0.200. The summed E-state index contributed by atoms with van der Waals surface area (Å²) in [6, 6.07) is 7.89. The van der Waals surface area contributed by atoms with Crippen molar-refractivity contribution >= 4 is 18.1 Å². The SMILES string of the molecule is CNN.Cc1ccc(N/N=C\C=N)cc1. The molecule has 0 atom stereocenters. The second kappa shape index (κ2) is 8.86. The molecule has 1 rings (SSSR count). The molecule has 0 amide bonds. The van der Waals surface area contributed by atoms with Crippen LogP contribution in [0.4, 0.5) is 5.69 Å². The Balaban J connectivity index is 0.000000583. The second-order valence-corrected chi connectivity index (χ2v) is 2.71. The third-order valence-electron chi connectivity index (χ3n) is 1.39. The zero-order valence-corrected chi connectivity index (χ0v) is 8.99. The number of anilines is 1. The smallest absolute Gasteiger partial charge is 0.0648 e. The van der Waals surface area contributed by atoms with Gasteiger partial charge in [0.15, 0.2) is 0 Å². The highest BCUT2D eigenvalue weighted by atomic mass is 15.3. The van der Waals surface area contributed by atoms with E-state index in [2.05, 4.69) is 21.8 Å². The topological polar surface area (TPSA) is 86.3 Å². The van der Waals surface area contributed by atoms with Crippen molar-refractivity contribution < 1.29 is 0 Å². The number of nitrogens with two attached hydrogens (primary N) is 1. The minimum absolute atomic E-state index is 0.929. The molecule has 0 spiro atoms. The number of aryl methyl sites for hydroxylation is 1. The van der Waals surface area contributed by atoms with E-state index in [9.17, 15) is 0 Å². The number of benzene rings is 1. The number of nitrogens with one attached hydrogen (secondary N) is 3. The van der Waals surface area contributed by atoms with Crippen LogP contribution in [0.15, 0.2) is 29.4 Å². The van der Waals surface area contributed by atoms with Crippen LogP contribution >= 0.6 is 0 Å². The molecule has 0 aliphatic heterocycles. The molecular weight excluding hydrogens is 190 g/mol. The average Bonchev–Trinajstić information content (AvgIpc) is 2.23. The van der Waals surface area contributed by atoms with Gasteiger partial charge in [0.05, 0.1) is 11.9 Å². The number of rotatable bonds is 3. The van der Waals surface area contributed by atoms with Crippen LogP contribution in [0, 0.1) is 12.3 Å². The number of nitrogens with zero attached hydrogens (tertiary/aromatic N) is 1. The Hall–Kier alpha value is -1.72. The van der Waals surface area contributed by atoms with Crippen molar-refractivity contribution in [3.63, 3.8) is 0 Å².